The Morgan fingerprint density at radius 1 is 1.30 bits per heavy atom. The summed E-state index contributed by atoms with van der Waals surface area (Å²) in [5.41, 5.74) is 5.63. The van der Waals surface area contributed by atoms with Gasteiger partial charge in [-0.1, -0.05) is 5.16 Å². The smallest absolute Gasteiger partial charge is 0.319 e. The van der Waals surface area contributed by atoms with E-state index in [-0.39, 0.29) is 11.9 Å². The molecule has 0 spiro atoms. The van der Waals surface area contributed by atoms with Gasteiger partial charge < -0.3 is 20.1 Å². The maximum Gasteiger partial charge on any atom is 0.319 e. The first-order valence-corrected chi connectivity index (χ1v) is 7.43. The number of nitrogens with two attached hydrogens (primary N) is 1. The summed E-state index contributed by atoms with van der Waals surface area (Å²) in [5, 5.41) is 3.93. The number of hydrogen-bond donors (Lipinski definition) is 1. The lowest BCUT2D eigenvalue weighted by Crippen LogP contribution is -2.43. The summed E-state index contributed by atoms with van der Waals surface area (Å²) in [7, 11) is 3.51. The first-order valence-electron chi connectivity index (χ1n) is 7.43. The lowest BCUT2D eigenvalue weighted by molar-refractivity contribution is 0.152. The molecule has 1 aliphatic heterocycles. The molecule has 0 atom stereocenters. The van der Waals surface area contributed by atoms with Crippen molar-refractivity contribution in [3.8, 4) is 11.6 Å². The van der Waals surface area contributed by atoms with Gasteiger partial charge in [-0.2, -0.15) is 4.98 Å². The molecule has 1 fully saturated rings. The SMILES string of the molecule is CN(C)C(=O)N1CCC(c2nc(-c3nccc(N)n3)no2)CC1. The van der Waals surface area contributed by atoms with Crippen LogP contribution in [0.3, 0.4) is 0 Å². The van der Waals surface area contributed by atoms with Crippen LogP contribution < -0.4 is 5.73 Å². The molecule has 0 saturated carbocycles. The lowest BCUT2D eigenvalue weighted by atomic mass is 9.97. The molecule has 3 heterocycles. The number of piperidine rings is 1. The number of anilines is 1. The molecule has 0 aromatic carbocycles. The van der Waals surface area contributed by atoms with E-state index >= 15 is 0 Å². The summed E-state index contributed by atoms with van der Waals surface area (Å²) < 4.78 is 5.35. The molecule has 9 heteroatoms. The molecule has 1 aliphatic rings. The highest BCUT2D eigenvalue weighted by Gasteiger charge is 2.28. The predicted molar refractivity (Wildman–Crippen MR) is 82.4 cm³/mol. The summed E-state index contributed by atoms with van der Waals surface area (Å²) in [6.07, 6.45) is 3.14. The molecular weight excluding hydrogens is 298 g/mol. The van der Waals surface area contributed by atoms with Crippen LogP contribution in [-0.4, -0.2) is 63.1 Å². The van der Waals surface area contributed by atoms with Crippen LogP contribution in [0.2, 0.25) is 0 Å². The van der Waals surface area contributed by atoms with Gasteiger partial charge >= 0.3 is 6.03 Å². The first kappa shape index (κ1) is 15.2. The first-order chi connectivity index (χ1) is 11.0. The van der Waals surface area contributed by atoms with E-state index in [4.69, 9.17) is 10.3 Å². The Morgan fingerprint density at radius 3 is 2.70 bits per heavy atom. The van der Waals surface area contributed by atoms with E-state index in [9.17, 15) is 4.79 Å². The van der Waals surface area contributed by atoms with Crippen LogP contribution in [0.25, 0.3) is 11.6 Å². The van der Waals surface area contributed by atoms with Crippen molar-refractivity contribution in [1.29, 1.82) is 0 Å². The number of rotatable bonds is 2. The maximum absolute atomic E-state index is 11.9. The standard InChI is InChI=1S/C14H19N7O2/c1-20(2)14(22)21-7-4-9(5-8-21)13-18-12(19-23-13)11-16-6-3-10(15)17-11/h3,6,9H,4-5,7-8H2,1-2H3,(H2,15,16,17). The Morgan fingerprint density at radius 2 is 2.04 bits per heavy atom. The normalized spacial score (nSPS) is 15.7. The van der Waals surface area contributed by atoms with E-state index in [0.717, 1.165) is 12.8 Å². The quantitative estimate of drug-likeness (QED) is 0.877. The monoisotopic (exact) mass is 317 g/mol. The summed E-state index contributed by atoms with van der Waals surface area (Å²) in [4.78, 5) is 27.9. The van der Waals surface area contributed by atoms with Gasteiger partial charge in [0.25, 0.3) is 0 Å². The number of likely N-dealkylation sites (tertiary alicyclic amines) is 1. The van der Waals surface area contributed by atoms with Gasteiger partial charge in [0, 0.05) is 39.3 Å². The Balaban J connectivity index is 1.67. The fraction of sp³-hybridized carbons (Fsp3) is 0.500. The van der Waals surface area contributed by atoms with Crippen LogP contribution in [-0.2, 0) is 0 Å². The average molecular weight is 317 g/mol. The molecule has 2 aromatic rings. The van der Waals surface area contributed by atoms with E-state index in [1.807, 2.05) is 4.90 Å². The van der Waals surface area contributed by atoms with Crippen LogP contribution in [0.15, 0.2) is 16.8 Å². The van der Waals surface area contributed by atoms with E-state index in [1.165, 1.54) is 0 Å². The highest BCUT2D eigenvalue weighted by Crippen LogP contribution is 2.28. The molecule has 1 saturated heterocycles. The number of nitrogen functional groups attached to an aromatic ring is 1. The third kappa shape index (κ3) is 3.22. The second kappa shape index (κ2) is 6.19. The zero-order chi connectivity index (χ0) is 16.4. The molecule has 2 N–H and O–H groups in total. The van der Waals surface area contributed by atoms with Crippen molar-refractivity contribution in [2.75, 3.05) is 32.9 Å². The minimum Gasteiger partial charge on any atom is -0.384 e. The molecule has 0 radical (unpaired) electrons. The predicted octanol–water partition coefficient (Wildman–Crippen LogP) is 0.970. The number of carbonyl (C=O) groups is 1. The van der Waals surface area contributed by atoms with Gasteiger partial charge in [-0.3, -0.25) is 0 Å². The average Bonchev–Trinajstić information content (AvgIpc) is 3.04. The second-order valence-electron chi connectivity index (χ2n) is 5.70. The molecule has 0 bridgehead atoms. The second-order valence-corrected chi connectivity index (χ2v) is 5.70. The molecule has 122 valence electrons. The Labute approximate surface area is 133 Å². The molecule has 3 rings (SSSR count). The van der Waals surface area contributed by atoms with Crippen molar-refractivity contribution in [1.82, 2.24) is 29.9 Å². The van der Waals surface area contributed by atoms with E-state index in [2.05, 4.69) is 20.1 Å². The Kier molecular flexibility index (Phi) is 4.09. The fourth-order valence-electron chi connectivity index (χ4n) is 2.57. The van der Waals surface area contributed by atoms with Crippen molar-refractivity contribution in [3.63, 3.8) is 0 Å². The maximum atomic E-state index is 11.9. The Bertz CT molecular complexity index is 692. The topological polar surface area (TPSA) is 114 Å². The molecule has 9 nitrogen and oxygen atoms in total. The van der Waals surface area contributed by atoms with Crippen LogP contribution in [0.5, 0.6) is 0 Å². The summed E-state index contributed by atoms with van der Waals surface area (Å²) in [6, 6.07) is 1.63. The minimum absolute atomic E-state index is 0.0304. The van der Waals surface area contributed by atoms with E-state index < -0.39 is 0 Å². The van der Waals surface area contributed by atoms with Gasteiger partial charge in [0.2, 0.25) is 17.5 Å². The fourth-order valence-corrected chi connectivity index (χ4v) is 2.57. The number of amides is 2. The highest BCUT2D eigenvalue weighted by atomic mass is 16.5. The summed E-state index contributed by atoms with van der Waals surface area (Å²) >= 11 is 0. The summed E-state index contributed by atoms with van der Waals surface area (Å²) in [5.74, 6) is 1.74. The third-order valence-corrected chi connectivity index (χ3v) is 3.82. The van der Waals surface area contributed by atoms with Gasteiger partial charge in [-0.25, -0.2) is 14.8 Å². The van der Waals surface area contributed by atoms with Crippen molar-refractivity contribution >= 4 is 11.8 Å². The molecule has 0 unspecified atom stereocenters. The number of aromatic nitrogens is 4. The van der Waals surface area contributed by atoms with Crippen molar-refractivity contribution in [2.24, 2.45) is 0 Å². The van der Waals surface area contributed by atoms with Gasteiger partial charge in [0.1, 0.15) is 5.82 Å². The van der Waals surface area contributed by atoms with Crippen molar-refractivity contribution in [3.05, 3.63) is 18.2 Å². The van der Waals surface area contributed by atoms with Gasteiger partial charge in [0.05, 0.1) is 0 Å². The van der Waals surface area contributed by atoms with Crippen molar-refractivity contribution < 1.29 is 9.32 Å². The highest BCUT2D eigenvalue weighted by molar-refractivity contribution is 5.73. The largest absolute Gasteiger partial charge is 0.384 e. The lowest BCUT2D eigenvalue weighted by Gasteiger charge is -2.32. The minimum atomic E-state index is 0.0304. The third-order valence-electron chi connectivity index (χ3n) is 3.82. The molecule has 2 amide bonds. The molecular formula is C14H19N7O2. The van der Waals surface area contributed by atoms with Gasteiger partial charge in [-0.15, -0.1) is 0 Å². The number of hydrogen-bond acceptors (Lipinski definition) is 7. The molecule has 23 heavy (non-hydrogen) atoms. The number of carbonyl (C=O) groups excluding carboxylic acids is 1. The van der Waals surface area contributed by atoms with Gasteiger partial charge in [0.15, 0.2) is 0 Å². The van der Waals surface area contributed by atoms with E-state index in [1.54, 1.807) is 31.3 Å². The molecule has 2 aromatic heterocycles. The molecule has 0 aliphatic carbocycles. The van der Waals surface area contributed by atoms with E-state index in [0.29, 0.717) is 36.4 Å². The number of nitrogens with zero attached hydrogens (tertiary/aromatic N) is 6. The van der Waals surface area contributed by atoms with Crippen LogP contribution >= 0.6 is 0 Å². The van der Waals surface area contributed by atoms with Crippen LogP contribution in [0, 0.1) is 0 Å². The number of urea groups is 1. The van der Waals surface area contributed by atoms with Crippen LogP contribution in [0.1, 0.15) is 24.7 Å². The summed E-state index contributed by atoms with van der Waals surface area (Å²) in [6.45, 7) is 1.35. The zero-order valence-electron chi connectivity index (χ0n) is 13.1. The van der Waals surface area contributed by atoms with Gasteiger partial charge in [-0.05, 0) is 18.9 Å². The van der Waals surface area contributed by atoms with Crippen molar-refractivity contribution in [2.45, 2.75) is 18.8 Å². The zero-order valence-corrected chi connectivity index (χ0v) is 13.1. The Hall–Kier alpha value is -2.71. The van der Waals surface area contributed by atoms with Crippen LogP contribution in [0.4, 0.5) is 10.6 Å².